The van der Waals surface area contributed by atoms with Gasteiger partial charge in [-0.25, -0.2) is 4.98 Å². The molecule has 2 N–H and O–H groups in total. The summed E-state index contributed by atoms with van der Waals surface area (Å²) in [6.45, 7) is 1.90. The maximum Gasteiger partial charge on any atom is 0.308 e. The molecule has 22 heavy (non-hydrogen) atoms. The summed E-state index contributed by atoms with van der Waals surface area (Å²) in [5.41, 5.74) is 1.83. The highest BCUT2D eigenvalue weighted by Crippen LogP contribution is 2.32. The Labute approximate surface area is 132 Å². The number of rotatable bonds is 5. The van der Waals surface area contributed by atoms with E-state index in [1.165, 1.54) is 0 Å². The number of thiazole rings is 1. The molecule has 1 fully saturated rings. The number of carboxylic acids is 1. The molecule has 0 spiro atoms. The predicted molar refractivity (Wildman–Crippen MR) is 85.0 cm³/mol. The van der Waals surface area contributed by atoms with E-state index < -0.39 is 11.9 Å². The molecule has 116 valence electrons. The highest BCUT2D eigenvalue weighted by Gasteiger charge is 2.39. The molecule has 1 aliphatic heterocycles. The highest BCUT2D eigenvalue weighted by molar-refractivity contribution is 7.13. The van der Waals surface area contributed by atoms with Gasteiger partial charge in [0.25, 0.3) is 0 Å². The van der Waals surface area contributed by atoms with E-state index in [1.54, 1.807) is 17.5 Å². The van der Waals surface area contributed by atoms with Crippen molar-refractivity contribution in [1.29, 1.82) is 0 Å². The second-order valence-electron chi connectivity index (χ2n) is 5.39. The number of likely N-dealkylation sites (tertiary alicyclic amines) is 1. The van der Waals surface area contributed by atoms with E-state index in [1.807, 2.05) is 30.6 Å². The first-order valence-electron chi connectivity index (χ1n) is 7.15. The van der Waals surface area contributed by atoms with Gasteiger partial charge >= 0.3 is 5.97 Å². The molecule has 0 saturated carbocycles. The van der Waals surface area contributed by atoms with E-state index >= 15 is 0 Å². The Morgan fingerprint density at radius 2 is 2.36 bits per heavy atom. The molecule has 2 atom stereocenters. The molecule has 0 amide bonds. The summed E-state index contributed by atoms with van der Waals surface area (Å²) in [5, 5.41) is 15.4. The average molecular weight is 318 g/mol. The Morgan fingerprint density at radius 1 is 1.50 bits per heavy atom. The summed E-state index contributed by atoms with van der Waals surface area (Å²) in [4.78, 5) is 22.5. The predicted octanol–water partition coefficient (Wildman–Crippen LogP) is 1.88. The Balaban J connectivity index is 1.74. The molecule has 1 saturated heterocycles. The summed E-state index contributed by atoms with van der Waals surface area (Å²) in [6.07, 6.45) is 1.72. The largest absolute Gasteiger partial charge is 0.481 e. The molecule has 0 aromatic carbocycles. The van der Waals surface area contributed by atoms with Crippen LogP contribution in [0.3, 0.4) is 0 Å². The van der Waals surface area contributed by atoms with Gasteiger partial charge in [0, 0.05) is 49.9 Å². The summed E-state index contributed by atoms with van der Waals surface area (Å²) >= 11 is 1.56. The maximum atomic E-state index is 11.6. The van der Waals surface area contributed by atoms with E-state index in [9.17, 15) is 9.90 Å². The van der Waals surface area contributed by atoms with Crippen molar-refractivity contribution in [1.82, 2.24) is 14.9 Å². The van der Waals surface area contributed by atoms with Crippen LogP contribution in [0.4, 0.5) is 5.13 Å². The molecule has 3 heterocycles. The van der Waals surface area contributed by atoms with Gasteiger partial charge in [-0.05, 0) is 12.1 Å². The van der Waals surface area contributed by atoms with Crippen LogP contribution in [0.25, 0.3) is 0 Å². The lowest BCUT2D eigenvalue weighted by Gasteiger charge is -2.14. The van der Waals surface area contributed by atoms with Crippen molar-refractivity contribution in [3.63, 3.8) is 0 Å². The number of nitrogens with one attached hydrogen (secondary N) is 1. The SMILES string of the molecule is CNc1nc(CN2C[C@@H](C(=O)O)[C@H](c3ccccn3)C2)cs1. The molecule has 7 heteroatoms. The van der Waals surface area contributed by atoms with Gasteiger partial charge in [0.2, 0.25) is 0 Å². The Kier molecular flexibility index (Phi) is 4.35. The van der Waals surface area contributed by atoms with Gasteiger partial charge in [0.05, 0.1) is 11.6 Å². The minimum Gasteiger partial charge on any atom is -0.481 e. The van der Waals surface area contributed by atoms with E-state index in [4.69, 9.17) is 0 Å². The van der Waals surface area contributed by atoms with E-state index in [2.05, 4.69) is 20.2 Å². The third kappa shape index (κ3) is 3.10. The zero-order chi connectivity index (χ0) is 15.5. The number of aliphatic carboxylic acids is 1. The van der Waals surface area contributed by atoms with Gasteiger partial charge in [0.15, 0.2) is 5.13 Å². The van der Waals surface area contributed by atoms with E-state index in [0.717, 1.165) is 16.5 Å². The molecule has 0 bridgehead atoms. The maximum absolute atomic E-state index is 11.6. The second-order valence-corrected chi connectivity index (χ2v) is 6.25. The van der Waals surface area contributed by atoms with Gasteiger partial charge in [-0.3, -0.25) is 14.7 Å². The number of hydrogen-bond acceptors (Lipinski definition) is 6. The summed E-state index contributed by atoms with van der Waals surface area (Å²) < 4.78 is 0. The van der Waals surface area contributed by atoms with Gasteiger partial charge in [-0.2, -0.15) is 0 Å². The van der Waals surface area contributed by atoms with Crippen LogP contribution in [0.5, 0.6) is 0 Å². The zero-order valence-electron chi connectivity index (χ0n) is 12.3. The van der Waals surface area contributed by atoms with Crippen molar-refractivity contribution in [3.05, 3.63) is 41.2 Å². The first-order valence-corrected chi connectivity index (χ1v) is 8.03. The van der Waals surface area contributed by atoms with Crippen molar-refractivity contribution in [2.24, 2.45) is 5.92 Å². The van der Waals surface area contributed by atoms with Crippen LogP contribution in [0, 0.1) is 5.92 Å². The van der Waals surface area contributed by atoms with Crippen molar-refractivity contribution >= 4 is 22.4 Å². The fraction of sp³-hybridized carbons (Fsp3) is 0.400. The third-order valence-corrected chi connectivity index (χ3v) is 4.84. The lowest BCUT2D eigenvalue weighted by Crippen LogP contribution is -2.23. The zero-order valence-corrected chi connectivity index (χ0v) is 13.1. The van der Waals surface area contributed by atoms with Crippen LogP contribution in [-0.2, 0) is 11.3 Å². The van der Waals surface area contributed by atoms with Crippen molar-refractivity contribution in [3.8, 4) is 0 Å². The fourth-order valence-electron chi connectivity index (χ4n) is 2.88. The molecule has 3 rings (SSSR count). The minimum atomic E-state index is -0.757. The van der Waals surface area contributed by atoms with Gasteiger partial charge < -0.3 is 10.4 Å². The normalized spacial score (nSPS) is 21.9. The Morgan fingerprint density at radius 3 is 3.00 bits per heavy atom. The van der Waals surface area contributed by atoms with E-state index in [0.29, 0.717) is 19.6 Å². The van der Waals surface area contributed by atoms with Gasteiger partial charge in [-0.15, -0.1) is 11.3 Å². The topological polar surface area (TPSA) is 78.4 Å². The molecular formula is C15H18N4O2S. The summed E-state index contributed by atoms with van der Waals surface area (Å²) in [6, 6.07) is 5.66. The number of nitrogens with zero attached hydrogens (tertiary/aromatic N) is 3. The monoisotopic (exact) mass is 318 g/mol. The fourth-order valence-corrected chi connectivity index (χ4v) is 3.55. The molecule has 2 aromatic rings. The van der Waals surface area contributed by atoms with Crippen LogP contribution >= 0.6 is 11.3 Å². The van der Waals surface area contributed by atoms with Crippen molar-refractivity contribution in [2.75, 3.05) is 25.5 Å². The molecular weight excluding hydrogens is 300 g/mol. The van der Waals surface area contributed by atoms with Crippen LogP contribution in [0.1, 0.15) is 17.3 Å². The van der Waals surface area contributed by atoms with Crippen LogP contribution in [-0.4, -0.2) is 46.1 Å². The summed E-state index contributed by atoms with van der Waals surface area (Å²) in [7, 11) is 1.84. The lowest BCUT2D eigenvalue weighted by molar-refractivity contribution is -0.141. The molecule has 1 aliphatic rings. The second kappa shape index (κ2) is 6.41. The number of carboxylic acid groups (broad SMARTS) is 1. The standard InChI is InChI=1S/C15H18N4O2S/c1-16-15-18-10(9-22-15)6-19-7-11(12(8-19)14(20)21)13-4-2-3-5-17-13/h2-5,9,11-12H,6-8H2,1H3,(H,16,18)(H,20,21)/t11-,12-/m1/s1. The third-order valence-electron chi connectivity index (χ3n) is 3.93. The lowest BCUT2D eigenvalue weighted by atomic mass is 9.93. The molecule has 0 aliphatic carbocycles. The first-order chi connectivity index (χ1) is 10.7. The number of pyridine rings is 1. The van der Waals surface area contributed by atoms with Crippen LogP contribution < -0.4 is 5.32 Å². The van der Waals surface area contributed by atoms with Gasteiger partial charge in [0.1, 0.15) is 0 Å². The molecule has 6 nitrogen and oxygen atoms in total. The average Bonchev–Trinajstić information content (AvgIpc) is 3.15. The summed E-state index contributed by atoms with van der Waals surface area (Å²) in [5.74, 6) is -1.24. The van der Waals surface area contributed by atoms with Crippen LogP contribution in [0.2, 0.25) is 0 Å². The highest BCUT2D eigenvalue weighted by atomic mass is 32.1. The smallest absolute Gasteiger partial charge is 0.308 e. The van der Waals surface area contributed by atoms with Crippen molar-refractivity contribution in [2.45, 2.75) is 12.5 Å². The van der Waals surface area contributed by atoms with E-state index in [-0.39, 0.29) is 5.92 Å². The Bertz CT molecular complexity index is 646. The quantitative estimate of drug-likeness (QED) is 0.876. The number of anilines is 1. The first kappa shape index (κ1) is 14.9. The molecule has 0 radical (unpaired) electrons. The molecule has 2 aromatic heterocycles. The Hall–Kier alpha value is -1.99. The molecule has 0 unspecified atom stereocenters. The number of aromatic nitrogens is 2. The van der Waals surface area contributed by atoms with Gasteiger partial charge in [-0.1, -0.05) is 6.07 Å². The number of carbonyl (C=O) groups is 1. The number of hydrogen-bond donors (Lipinski definition) is 2. The minimum absolute atomic E-state index is 0.0684. The van der Waals surface area contributed by atoms with Crippen LogP contribution in [0.15, 0.2) is 29.8 Å². The van der Waals surface area contributed by atoms with Crippen molar-refractivity contribution < 1.29 is 9.90 Å².